The lowest BCUT2D eigenvalue weighted by atomic mass is 10.3. The summed E-state index contributed by atoms with van der Waals surface area (Å²) >= 11 is 17.3. The van der Waals surface area contributed by atoms with Crippen molar-refractivity contribution in [1.82, 2.24) is 9.97 Å². The zero-order valence-electron chi connectivity index (χ0n) is 6.26. The van der Waals surface area contributed by atoms with Gasteiger partial charge < -0.3 is 0 Å². The smallest absolute Gasteiger partial charge is 0.131 e. The fraction of sp³-hybridized carbons (Fsp3) is 0. The number of fused-ring (bicyclic) bond motifs is 1. The molecule has 2 aromatic rings. The van der Waals surface area contributed by atoms with Crippen molar-refractivity contribution < 1.29 is 0 Å². The molecule has 0 radical (unpaired) electrons. The van der Waals surface area contributed by atoms with E-state index in [9.17, 15) is 0 Å². The second-order valence-corrected chi connectivity index (χ2v) is 3.63. The van der Waals surface area contributed by atoms with Crippen LogP contribution in [0.2, 0.25) is 15.3 Å². The van der Waals surface area contributed by atoms with Crippen LogP contribution < -0.4 is 0 Å². The fourth-order valence-corrected chi connectivity index (χ4v) is 1.70. The van der Waals surface area contributed by atoms with Gasteiger partial charge in [0, 0.05) is 5.39 Å². The molecule has 2 heterocycles. The van der Waals surface area contributed by atoms with E-state index in [0.717, 1.165) is 5.39 Å². The maximum absolute atomic E-state index is 5.92. The van der Waals surface area contributed by atoms with E-state index in [4.69, 9.17) is 34.8 Å². The van der Waals surface area contributed by atoms with Crippen LogP contribution in [0, 0.1) is 0 Å². The van der Waals surface area contributed by atoms with Crippen LogP contribution in [-0.4, -0.2) is 9.97 Å². The number of nitrogens with zero attached hydrogens (tertiary/aromatic N) is 2. The van der Waals surface area contributed by atoms with E-state index in [2.05, 4.69) is 9.97 Å². The summed E-state index contributed by atoms with van der Waals surface area (Å²) in [6.45, 7) is 0. The molecule has 0 unspecified atom stereocenters. The minimum atomic E-state index is 0.349. The quantitative estimate of drug-likeness (QED) is 0.650. The van der Waals surface area contributed by atoms with Crippen molar-refractivity contribution in [2.24, 2.45) is 0 Å². The predicted molar refractivity (Wildman–Crippen MR) is 54.6 cm³/mol. The molecule has 0 bridgehead atoms. The van der Waals surface area contributed by atoms with Crippen LogP contribution in [0.4, 0.5) is 0 Å². The normalized spacial score (nSPS) is 10.7. The predicted octanol–water partition coefficient (Wildman–Crippen LogP) is 3.59. The Morgan fingerprint density at radius 1 is 1.00 bits per heavy atom. The first-order valence-corrected chi connectivity index (χ1v) is 4.57. The van der Waals surface area contributed by atoms with E-state index in [1.165, 1.54) is 6.20 Å². The Labute approximate surface area is 89.5 Å². The van der Waals surface area contributed by atoms with Crippen LogP contribution >= 0.6 is 34.8 Å². The van der Waals surface area contributed by atoms with E-state index < -0.39 is 0 Å². The molecule has 0 aliphatic heterocycles. The average molecular weight is 233 g/mol. The van der Waals surface area contributed by atoms with Gasteiger partial charge in [0.05, 0.1) is 16.7 Å². The average Bonchev–Trinajstić information content (AvgIpc) is 2.06. The third-order valence-corrected chi connectivity index (χ3v) is 2.29. The molecule has 0 aromatic carbocycles. The first-order valence-electron chi connectivity index (χ1n) is 3.44. The van der Waals surface area contributed by atoms with Gasteiger partial charge in [-0.3, -0.25) is 0 Å². The molecule has 0 fully saturated rings. The number of halogens is 3. The van der Waals surface area contributed by atoms with Crippen molar-refractivity contribution in [3.63, 3.8) is 0 Å². The molecule has 0 N–H and O–H groups in total. The summed E-state index contributed by atoms with van der Waals surface area (Å²) in [5, 5.41) is 2.02. The number of pyridine rings is 2. The van der Waals surface area contributed by atoms with E-state index in [0.29, 0.717) is 20.8 Å². The van der Waals surface area contributed by atoms with Crippen LogP contribution in [0.25, 0.3) is 10.9 Å². The van der Waals surface area contributed by atoms with Crippen molar-refractivity contribution in [2.45, 2.75) is 0 Å². The molecular weight excluding hydrogens is 230 g/mol. The first-order chi connectivity index (χ1) is 6.16. The van der Waals surface area contributed by atoms with E-state index >= 15 is 0 Å². The highest BCUT2D eigenvalue weighted by molar-refractivity contribution is 6.38. The summed E-state index contributed by atoms with van der Waals surface area (Å²) in [6.07, 6.45) is 1.54. The third-order valence-electron chi connectivity index (χ3n) is 1.58. The van der Waals surface area contributed by atoms with Gasteiger partial charge in [-0.1, -0.05) is 34.8 Å². The van der Waals surface area contributed by atoms with Crippen LogP contribution in [0.3, 0.4) is 0 Å². The molecule has 0 amide bonds. The standard InChI is InChI=1S/C8H3Cl3N2/c9-5-2-8(11)13-6-3-12-7(10)1-4(5)6/h1-3H. The highest BCUT2D eigenvalue weighted by Crippen LogP contribution is 2.26. The summed E-state index contributed by atoms with van der Waals surface area (Å²) in [6, 6.07) is 3.23. The third kappa shape index (κ3) is 1.70. The monoisotopic (exact) mass is 232 g/mol. The second-order valence-electron chi connectivity index (χ2n) is 2.45. The van der Waals surface area contributed by atoms with Crippen LogP contribution in [-0.2, 0) is 0 Å². The van der Waals surface area contributed by atoms with Gasteiger partial charge in [0.1, 0.15) is 10.3 Å². The molecule has 2 rings (SSSR count). The molecule has 66 valence electrons. The lowest BCUT2D eigenvalue weighted by Gasteiger charge is -2.00. The summed E-state index contributed by atoms with van der Waals surface area (Å²) in [4.78, 5) is 7.91. The minimum absolute atomic E-state index is 0.349. The van der Waals surface area contributed by atoms with Crippen LogP contribution in [0.1, 0.15) is 0 Å². The topological polar surface area (TPSA) is 25.8 Å². The molecule has 13 heavy (non-hydrogen) atoms. The molecule has 0 saturated carbocycles. The van der Waals surface area contributed by atoms with Crippen LogP contribution in [0.15, 0.2) is 18.3 Å². The lowest BCUT2D eigenvalue weighted by molar-refractivity contribution is 1.31. The molecule has 0 spiro atoms. The Kier molecular flexibility index (Phi) is 2.28. The fourth-order valence-electron chi connectivity index (χ4n) is 1.03. The van der Waals surface area contributed by atoms with E-state index in [1.54, 1.807) is 12.1 Å². The summed E-state index contributed by atoms with van der Waals surface area (Å²) < 4.78 is 0. The van der Waals surface area contributed by atoms with Crippen molar-refractivity contribution in [1.29, 1.82) is 0 Å². The molecule has 2 nitrogen and oxygen atoms in total. The van der Waals surface area contributed by atoms with Gasteiger partial charge in [-0.15, -0.1) is 0 Å². The second kappa shape index (κ2) is 3.29. The summed E-state index contributed by atoms with van der Waals surface area (Å²) in [5.41, 5.74) is 0.641. The number of rotatable bonds is 0. The van der Waals surface area contributed by atoms with Gasteiger partial charge in [-0.2, -0.15) is 0 Å². The van der Waals surface area contributed by atoms with Gasteiger partial charge in [0.2, 0.25) is 0 Å². The van der Waals surface area contributed by atoms with E-state index in [-0.39, 0.29) is 0 Å². The summed E-state index contributed by atoms with van der Waals surface area (Å²) in [5.74, 6) is 0. The minimum Gasteiger partial charge on any atom is -0.242 e. The summed E-state index contributed by atoms with van der Waals surface area (Å²) in [7, 11) is 0. The van der Waals surface area contributed by atoms with E-state index in [1.807, 2.05) is 0 Å². The van der Waals surface area contributed by atoms with Gasteiger partial charge in [0.15, 0.2) is 0 Å². The van der Waals surface area contributed by atoms with Gasteiger partial charge in [-0.25, -0.2) is 9.97 Å². The van der Waals surface area contributed by atoms with Crippen molar-refractivity contribution in [3.05, 3.63) is 33.7 Å². The van der Waals surface area contributed by atoms with Crippen molar-refractivity contribution >= 4 is 45.7 Å². The first kappa shape index (κ1) is 9.00. The number of aromatic nitrogens is 2. The van der Waals surface area contributed by atoms with Gasteiger partial charge in [0.25, 0.3) is 0 Å². The van der Waals surface area contributed by atoms with Gasteiger partial charge >= 0.3 is 0 Å². The number of hydrogen-bond donors (Lipinski definition) is 0. The van der Waals surface area contributed by atoms with Crippen molar-refractivity contribution in [2.75, 3.05) is 0 Å². The highest BCUT2D eigenvalue weighted by Gasteiger charge is 2.03. The zero-order chi connectivity index (χ0) is 9.42. The molecule has 0 aliphatic carbocycles. The molecular formula is C8H3Cl3N2. The Morgan fingerprint density at radius 2 is 1.77 bits per heavy atom. The SMILES string of the molecule is Clc1cc2c(Cl)cc(Cl)nc2cn1. The maximum Gasteiger partial charge on any atom is 0.131 e. The number of hydrogen-bond acceptors (Lipinski definition) is 2. The molecule has 0 atom stereocenters. The van der Waals surface area contributed by atoms with Crippen molar-refractivity contribution in [3.8, 4) is 0 Å². The Hall–Kier alpha value is -0.570. The highest BCUT2D eigenvalue weighted by atomic mass is 35.5. The zero-order valence-corrected chi connectivity index (χ0v) is 8.53. The maximum atomic E-state index is 5.92. The Balaban J connectivity index is 2.87. The molecule has 2 aromatic heterocycles. The molecule has 0 saturated heterocycles. The molecule has 5 heteroatoms. The van der Waals surface area contributed by atoms with Gasteiger partial charge in [-0.05, 0) is 12.1 Å². The lowest BCUT2D eigenvalue weighted by Crippen LogP contribution is -1.83. The molecule has 0 aliphatic rings. The largest absolute Gasteiger partial charge is 0.242 e. The Morgan fingerprint density at radius 3 is 2.54 bits per heavy atom. The Bertz CT molecular complexity index is 470. The van der Waals surface area contributed by atoms with Crippen LogP contribution in [0.5, 0.6) is 0 Å².